The van der Waals surface area contributed by atoms with Crippen molar-refractivity contribution in [3.05, 3.63) is 39.8 Å². The second kappa shape index (κ2) is 5.88. The zero-order valence-electron chi connectivity index (χ0n) is 12.7. The first-order valence-electron chi connectivity index (χ1n) is 6.96. The van der Waals surface area contributed by atoms with Crippen molar-refractivity contribution in [3.8, 4) is 0 Å². The number of urea groups is 1. The first-order chi connectivity index (χ1) is 11.0. The van der Waals surface area contributed by atoms with E-state index in [1.807, 2.05) is 0 Å². The van der Waals surface area contributed by atoms with Crippen LogP contribution < -0.4 is 20.8 Å². The number of benzene rings is 1. The summed E-state index contributed by atoms with van der Waals surface area (Å²) in [5, 5.41) is 3.35. The predicted molar refractivity (Wildman–Crippen MR) is 88.4 cm³/mol. The quantitative estimate of drug-likeness (QED) is 0.897. The summed E-state index contributed by atoms with van der Waals surface area (Å²) >= 11 is 5.82. The summed E-state index contributed by atoms with van der Waals surface area (Å²) in [6.07, 6.45) is 0. The maximum atomic E-state index is 12.4. The van der Waals surface area contributed by atoms with Gasteiger partial charge < -0.3 is 10.2 Å². The lowest BCUT2D eigenvalue weighted by Gasteiger charge is -2.17. The molecule has 1 aliphatic heterocycles. The monoisotopic (exact) mass is 334 g/mol. The Morgan fingerprint density at radius 3 is 2.57 bits per heavy atom. The fourth-order valence-electron chi connectivity index (χ4n) is 2.22. The van der Waals surface area contributed by atoms with Crippen LogP contribution >= 0.6 is 11.6 Å². The van der Waals surface area contributed by atoms with Crippen LogP contribution in [-0.4, -0.2) is 41.2 Å². The van der Waals surface area contributed by atoms with Gasteiger partial charge in [-0.05, 0) is 24.3 Å². The molecule has 0 saturated heterocycles. The van der Waals surface area contributed by atoms with Gasteiger partial charge in [-0.15, -0.1) is 0 Å². The van der Waals surface area contributed by atoms with Gasteiger partial charge in [0.15, 0.2) is 0 Å². The first-order valence-corrected chi connectivity index (χ1v) is 7.34. The highest BCUT2D eigenvalue weighted by Crippen LogP contribution is 2.20. The van der Waals surface area contributed by atoms with Crippen molar-refractivity contribution in [1.29, 1.82) is 0 Å². The van der Waals surface area contributed by atoms with E-state index < -0.39 is 5.69 Å². The number of carbonyl (C=O) groups is 1. The van der Waals surface area contributed by atoms with Gasteiger partial charge in [0, 0.05) is 37.9 Å². The molecular weight excluding hydrogens is 320 g/mol. The number of halogens is 1. The summed E-state index contributed by atoms with van der Waals surface area (Å²) in [6, 6.07) is 6.42. The summed E-state index contributed by atoms with van der Waals surface area (Å²) in [6.45, 7) is 0.732. The predicted octanol–water partition coefficient (Wildman–Crippen LogP) is 1.41. The van der Waals surface area contributed by atoms with Crippen LogP contribution in [-0.2, 0) is 6.54 Å². The molecular formula is C14H15ClN6O2. The Kier molecular flexibility index (Phi) is 3.91. The number of aromatic nitrogens is 3. The molecule has 0 saturated carbocycles. The van der Waals surface area contributed by atoms with Crippen LogP contribution in [0.25, 0.3) is 0 Å². The summed E-state index contributed by atoms with van der Waals surface area (Å²) in [5.74, 6) is 0.563. The molecule has 3 rings (SSSR count). The number of rotatable bonds is 2. The average Bonchev–Trinajstić information content (AvgIpc) is 2.94. The average molecular weight is 335 g/mol. The molecule has 120 valence electrons. The number of anilines is 3. The van der Waals surface area contributed by atoms with Gasteiger partial charge in [-0.2, -0.15) is 9.97 Å². The summed E-state index contributed by atoms with van der Waals surface area (Å²) in [5.41, 5.74) is 0.197. The molecule has 1 aromatic carbocycles. The van der Waals surface area contributed by atoms with Crippen LogP contribution in [0.5, 0.6) is 0 Å². The third-order valence-electron chi connectivity index (χ3n) is 3.40. The van der Waals surface area contributed by atoms with E-state index in [2.05, 4.69) is 15.3 Å². The summed E-state index contributed by atoms with van der Waals surface area (Å²) < 4.78 is 1.38. The van der Waals surface area contributed by atoms with Crippen LogP contribution in [0.3, 0.4) is 0 Å². The molecule has 1 N–H and O–H groups in total. The van der Waals surface area contributed by atoms with Crippen molar-refractivity contribution in [1.82, 2.24) is 14.5 Å². The van der Waals surface area contributed by atoms with E-state index in [0.717, 1.165) is 0 Å². The highest BCUT2D eigenvalue weighted by atomic mass is 35.5. The van der Waals surface area contributed by atoms with Gasteiger partial charge in [-0.3, -0.25) is 9.47 Å². The normalized spacial score (nSPS) is 12.9. The molecule has 2 aromatic rings. The van der Waals surface area contributed by atoms with Crippen molar-refractivity contribution >= 4 is 35.2 Å². The second-order valence-electron chi connectivity index (χ2n) is 5.24. The zero-order chi connectivity index (χ0) is 16.6. The zero-order valence-corrected chi connectivity index (χ0v) is 13.4. The molecule has 8 nitrogen and oxygen atoms in total. The largest absolute Gasteiger partial charge is 0.353 e. The fraction of sp³-hybridized carbons (Fsp3) is 0.286. The number of fused-ring (bicyclic) bond motifs is 1. The van der Waals surface area contributed by atoms with Crippen LogP contribution in [0.15, 0.2) is 29.1 Å². The van der Waals surface area contributed by atoms with Gasteiger partial charge in [0.1, 0.15) is 0 Å². The fourth-order valence-corrected chi connectivity index (χ4v) is 2.35. The molecule has 9 heteroatoms. The smallest absolute Gasteiger partial charge is 0.347 e. The van der Waals surface area contributed by atoms with Crippen molar-refractivity contribution in [2.75, 3.05) is 35.8 Å². The van der Waals surface area contributed by atoms with Crippen LogP contribution in [0.2, 0.25) is 5.02 Å². The molecule has 0 bridgehead atoms. The first kappa shape index (κ1) is 15.3. The number of hydrogen-bond acceptors (Lipinski definition) is 5. The minimum absolute atomic E-state index is 0.271. The van der Waals surface area contributed by atoms with Crippen LogP contribution in [0, 0.1) is 0 Å². The summed E-state index contributed by atoms with van der Waals surface area (Å²) in [7, 11) is 3.47. The van der Waals surface area contributed by atoms with E-state index in [1.165, 1.54) is 9.47 Å². The molecule has 2 amide bonds. The minimum Gasteiger partial charge on any atom is -0.347 e. The number of nitrogens with zero attached hydrogens (tertiary/aromatic N) is 5. The highest BCUT2D eigenvalue weighted by Gasteiger charge is 2.28. The molecule has 0 spiro atoms. The van der Waals surface area contributed by atoms with E-state index in [0.29, 0.717) is 29.7 Å². The molecule has 23 heavy (non-hydrogen) atoms. The highest BCUT2D eigenvalue weighted by molar-refractivity contribution is 6.30. The van der Waals surface area contributed by atoms with Gasteiger partial charge in [0.05, 0.1) is 0 Å². The van der Waals surface area contributed by atoms with Crippen molar-refractivity contribution in [3.63, 3.8) is 0 Å². The molecule has 0 radical (unpaired) electrons. The molecule has 0 aliphatic carbocycles. The minimum atomic E-state index is -0.416. The van der Waals surface area contributed by atoms with Crippen LogP contribution in [0.1, 0.15) is 0 Å². The standard InChI is InChI=1S/C14H15ClN6O2/c1-19(2)11-17-12-20(7-8-21(12)14(23)18-11)13(22)16-10-5-3-9(15)4-6-10/h3-6H,7-8H2,1-2H3,(H,16,22). The molecule has 0 atom stereocenters. The SMILES string of the molecule is CN(C)c1nc2n(c(=O)n1)CCN2C(=O)Nc1ccc(Cl)cc1. The van der Waals surface area contributed by atoms with E-state index in [4.69, 9.17) is 11.6 Å². The number of carbonyl (C=O) groups excluding carboxylic acids is 1. The number of amides is 2. The maximum absolute atomic E-state index is 12.4. The van der Waals surface area contributed by atoms with Gasteiger partial charge in [-0.1, -0.05) is 11.6 Å². The van der Waals surface area contributed by atoms with E-state index >= 15 is 0 Å². The molecule has 1 aromatic heterocycles. The third-order valence-corrected chi connectivity index (χ3v) is 3.65. The second-order valence-corrected chi connectivity index (χ2v) is 5.68. The van der Waals surface area contributed by atoms with E-state index in [1.54, 1.807) is 43.3 Å². The Morgan fingerprint density at radius 1 is 1.22 bits per heavy atom. The van der Waals surface area contributed by atoms with Crippen molar-refractivity contribution < 1.29 is 4.79 Å². The Morgan fingerprint density at radius 2 is 1.91 bits per heavy atom. The lowest BCUT2D eigenvalue weighted by molar-refractivity contribution is 0.257. The van der Waals surface area contributed by atoms with E-state index in [9.17, 15) is 9.59 Å². The summed E-state index contributed by atoms with van der Waals surface area (Å²) in [4.78, 5) is 35.7. The molecule has 0 unspecified atom stereocenters. The third kappa shape index (κ3) is 2.98. The van der Waals surface area contributed by atoms with Gasteiger partial charge in [0.25, 0.3) is 0 Å². The Hall–Kier alpha value is -2.61. The number of nitrogens with one attached hydrogen (secondary N) is 1. The van der Waals surface area contributed by atoms with Gasteiger partial charge in [-0.25, -0.2) is 9.59 Å². The van der Waals surface area contributed by atoms with Crippen molar-refractivity contribution in [2.45, 2.75) is 6.54 Å². The lowest BCUT2D eigenvalue weighted by atomic mass is 10.3. The molecule has 1 aliphatic rings. The van der Waals surface area contributed by atoms with E-state index in [-0.39, 0.29) is 12.0 Å². The van der Waals surface area contributed by atoms with Crippen LogP contribution in [0.4, 0.5) is 22.4 Å². The Bertz CT molecular complexity index is 802. The topological polar surface area (TPSA) is 83.4 Å². The van der Waals surface area contributed by atoms with Gasteiger partial charge in [0.2, 0.25) is 11.9 Å². The Labute approximate surface area is 137 Å². The maximum Gasteiger partial charge on any atom is 0.353 e. The Balaban J connectivity index is 1.88. The van der Waals surface area contributed by atoms with Gasteiger partial charge >= 0.3 is 11.7 Å². The molecule has 2 heterocycles. The molecule has 0 fully saturated rings. The number of hydrogen-bond donors (Lipinski definition) is 1. The lowest BCUT2D eigenvalue weighted by Crippen LogP contribution is -2.35. The van der Waals surface area contributed by atoms with Crippen molar-refractivity contribution in [2.24, 2.45) is 0 Å².